The van der Waals surface area contributed by atoms with E-state index in [0.717, 1.165) is 12.2 Å². The van der Waals surface area contributed by atoms with Gasteiger partial charge in [-0.15, -0.1) is 0 Å². The topological polar surface area (TPSA) is 24.5 Å². The van der Waals surface area contributed by atoms with Gasteiger partial charge in [-0.1, -0.05) is 0 Å². The summed E-state index contributed by atoms with van der Waals surface area (Å²) in [7, 11) is 5.57. The Hall–Kier alpha value is -1.13. The number of hydrogen-bond donors (Lipinski definition) is 1. The smallest absolute Gasteiger partial charge is 0.123 e. The van der Waals surface area contributed by atoms with Crippen molar-refractivity contribution in [2.45, 2.75) is 6.04 Å². The first kappa shape index (κ1) is 12.9. The summed E-state index contributed by atoms with van der Waals surface area (Å²) in [5, 5.41) is 3.17. The van der Waals surface area contributed by atoms with Crippen molar-refractivity contribution in [3.05, 3.63) is 30.1 Å². The highest BCUT2D eigenvalue weighted by Crippen LogP contribution is 2.13. The zero-order chi connectivity index (χ0) is 12.0. The fourth-order valence-electron chi connectivity index (χ4n) is 1.56. The molecule has 0 amide bonds. The van der Waals surface area contributed by atoms with Crippen molar-refractivity contribution in [3.8, 4) is 0 Å². The number of methoxy groups -OCH3 is 1. The number of likely N-dealkylation sites (N-methyl/N-ethyl adjacent to an activating group) is 2. The number of halogens is 1. The summed E-state index contributed by atoms with van der Waals surface area (Å²) in [6.45, 7) is 1.47. The van der Waals surface area contributed by atoms with Crippen LogP contribution >= 0.6 is 0 Å². The maximum absolute atomic E-state index is 12.7. The van der Waals surface area contributed by atoms with E-state index in [4.69, 9.17) is 4.74 Å². The van der Waals surface area contributed by atoms with Crippen molar-refractivity contribution in [2.75, 3.05) is 39.3 Å². The lowest BCUT2D eigenvalue weighted by Gasteiger charge is -2.25. The fourth-order valence-corrected chi connectivity index (χ4v) is 1.56. The SMILES string of the molecule is CNC(COC)CN(C)c1ccc(F)cc1. The van der Waals surface area contributed by atoms with E-state index in [9.17, 15) is 4.39 Å². The third-order valence-corrected chi connectivity index (χ3v) is 2.54. The molecule has 0 saturated heterocycles. The van der Waals surface area contributed by atoms with Crippen LogP contribution in [0.15, 0.2) is 24.3 Å². The second-order valence-corrected chi connectivity index (χ2v) is 3.80. The zero-order valence-electron chi connectivity index (χ0n) is 10.0. The summed E-state index contributed by atoms with van der Waals surface area (Å²) >= 11 is 0. The van der Waals surface area contributed by atoms with Gasteiger partial charge in [0.25, 0.3) is 0 Å². The van der Waals surface area contributed by atoms with Crippen LogP contribution in [0.2, 0.25) is 0 Å². The van der Waals surface area contributed by atoms with Crippen LogP contribution < -0.4 is 10.2 Å². The van der Waals surface area contributed by atoms with Crippen LogP contribution in [0.5, 0.6) is 0 Å². The van der Waals surface area contributed by atoms with Crippen LogP contribution in [-0.4, -0.2) is 40.4 Å². The van der Waals surface area contributed by atoms with E-state index in [-0.39, 0.29) is 11.9 Å². The lowest BCUT2D eigenvalue weighted by Crippen LogP contribution is -2.40. The summed E-state index contributed by atoms with van der Waals surface area (Å²) in [6, 6.07) is 6.75. The van der Waals surface area contributed by atoms with Crippen LogP contribution in [0.25, 0.3) is 0 Å². The lowest BCUT2D eigenvalue weighted by molar-refractivity contribution is 0.171. The van der Waals surface area contributed by atoms with Crippen molar-refractivity contribution in [3.63, 3.8) is 0 Å². The molecule has 1 aromatic carbocycles. The highest BCUT2D eigenvalue weighted by molar-refractivity contribution is 5.45. The number of nitrogens with one attached hydrogen (secondary N) is 1. The third kappa shape index (κ3) is 3.79. The highest BCUT2D eigenvalue weighted by Gasteiger charge is 2.09. The highest BCUT2D eigenvalue weighted by atomic mass is 19.1. The molecule has 0 spiro atoms. The average molecular weight is 226 g/mol. The van der Waals surface area contributed by atoms with Gasteiger partial charge < -0.3 is 15.0 Å². The molecule has 4 heteroatoms. The molecule has 0 bridgehead atoms. The maximum Gasteiger partial charge on any atom is 0.123 e. The van der Waals surface area contributed by atoms with Crippen LogP contribution in [-0.2, 0) is 4.74 Å². The minimum atomic E-state index is -0.209. The third-order valence-electron chi connectivity index (χ3n) is 2.54. The number of nitrogens with zero attached hydrogens (tertiary/aromatic N) is 1. The van der Waals surface area contributed by atoms with Crippen LogP contribution in [0.1, 0.15) is 0 Å². The van der Waals surface area contributed by atoms with Gasteiger partial charge in [0.2, 0.25) is 0 Å². The Morgan fingerprint density at radius 2 is 2.00 bits per heavy atom. The van der Waals surface area contributed by atoms with Crippen molar-refractivity contribution in [1.82, 2.24) is 5.32 Å². The zero-order valence-corrected chi connectivity index (χ0v) is 10.0. The molecule has 0 aromatic heterocycles. The van der Waals surface area contributed by atoms with Gasteiger partial charge >= 0.3 is 0 Å². The van der Waals surface area contributed by atoms with Crippen LogP contribution in [0.3, 0.4) is 0 Å². The van der Waals surface area contributed by atoms with E-state index < -0.39 is 0 Å². The van der Waals surface area contributed by atoms with Crippen LogP contribution in [0, 0.1) is 5.82 Å². The number of anilines is 1. The molecule has 0 aliphatic carbocycles. The minimum absolute atomic E-state index is 0.209. The molecule has 1 N–H and O–H groups in total. The summed E-state index contributed by atoms with van der Waals surface area (Å²) in [6.07, 6.45) is 0. The van der Waals surface area contributed by atoms with Gasteiger partial charge in [0.15, 0.2) is 0 Å². The molecule has 1 aromatic rings. The molecule has 0 aliphatic rings. The first-order valence-corrected chi connectivity index (χ1v) is 5.30. The Balaban J connectivity index is 2.56. The Kier molecular flexibility index (Phi) is 5.22. The molecular weight excluding hydrogens is 207 g/mol. The normalized spacial score (nSPS) is 12.5. The minimum Gasteiger partial charge on any atom is -0.383 e. The van der Waals surface area contributed by atoms with E-state index in [2.05, 4.69) is 10.2 Å². The van der Waals surface area contributed by atoms with E-state index in [0.29, 0.717) is 6.61 Å². The quantitative estimate of drug-likeness (QED) is 0.795. The van der Waals surface area contributed by atoms with Gasteiger partial charge in [-0.2, -0.15) is 0 Å². The molecule has 0 radical (unpaired) electrons. The largest absolute Gasteiger partial charge is 0.383 e. The number of ether oxygens (including phenoxy) is 1. The Bertz CT molecular complexity index is 302. The molecule has 0 aliphatic heterocycles. The van der Waals surface area contributed by atoms with E-state index >= 15 is 0 Å². The van der Waals surface area contributed by atoms with Crippen molar-refractivity contribution in [2.24, 2.45) is 0 Å². The molecule has 0 saturated carbocycles. The van der Waals surface area contributed by atoms with E-state index in [1.165, 1.54) is 12.1 Å². The molecule has 16 heavy (non-hydrogen) atoms. The predicted molar refractivity (Wildman–Crippen MR) is 64.4 cm³/mol. The first-order valence-electron chi connectivity index (χ1n) is 5.30. The molecule has 0 heterocycles. The van der Waals surface area contributed by atoms with Gasteiger partial charge in [0.1, 0.15) is 5.82 Å². The molecule has 0 fully saturated rings. The molecule has 1 unspecified atom stereocenters. The molecule has 3 nitrogen and oxygen atoms in total. The Labute approximate surface area is 96.2 Å². The lowest BCUT2D eigenvalue weighted by atomic mass is 10.2. The maximum atomic E-state index is 12.7. The van der Waals surface area contributed by atoms with Gasteiger partial charge in [0, 0.05) is 32.4 Å². The second kappa shape index (κ2) is 6.45. The summed E-state index contributed by atoms with van der Waals surface area (Å²) < 4.78 is 17.9. The first-order chi connectivity index (χ1) is 7.67. The van der Waals surface area contributed by atoms with Crippen molar-refractivity contribution < 1.29 is 9.13 Å². The van der Waals surface area contributed by atoms with Gasteiger partial charge in [0.05, 0.1) is 6.61 Å². The summed E-state index contributed by atoms with van der Waals surface area (Å²) in [5.74, 6) is -0.209. The van der Waals surface area contributed by atoms with Crippen molar-refractivity contribution in [1.29, 1.82) is 0 Å². The predicted octanol–water partition coefficient (Wildman–Crippen LogP) is 1.50. The second-order valence-electron chi connectivity index (χ2n) is 3.80. The Morgan fingerprint density at radius 1 is 1.38 bits per heavy atom. The average Bonchev–Trinajstić information content (AvgIpc) is 2.29. The summed E-state index contributed by atoms with van der Waals surface area (Å²) in [5.41, 5.74) is 0.998. The number of hydrogen-bond acceptors (Lipinski definition) is 3. The van der Waals surface area contributed by atoms with Gasteiger partial charge in [-0.25, -0.2) is 4.39 Å². The summed E-state index contributed by atoms with van der Waals surface area (Å²) in [4.78, 5) is 2.07. The van der Waals surface area contributed by atoms with E-state index in [1.54, 1.807) is 19.2 Å². The standard InChI is InChI=1S/C12H19FN2O/c1-14-11(9-16-3)8-15(2)12-6-4-10(13)5-7-12/h4-7,11,14H,8-9H2,1-3H3. The molecule has 1 rings (SSSR count). The molecular formula is C12H19FN2O. The molecule has 90 valence electrons. The van der Waals surface area contributed by atoms with Crippen molar-refractivity contribution >= 4 is 5.69 Å². The van der Waals surface area contributed by atoms with Gasteiger partial charge in [-0.05, 0) is 31.3 Å². The van der Waals surface area contributed by atoms with Gasteiger partial charge in [-0.3, -0.25) is 0 Å². The monoisotopic (exact) mass is 226 g/mol. The fraction of sp³-hybridized carbons (Fsp3) is 0.500. The Morgan fingerprint density at radius 3 is 2.50 bits per heavy atom. The van der Waals surface area contributed by atoms with E-state index in [1.807, 2.05) is 14.1 Å². The number of rotatable bonds is 6. The molecule has 1 atom stereocenters. The van der Waals surface area contributed by atoms with Crippen LogP contribution in [0.4, 0.5) is 10.1 Å². The number of benzene rings is 1.